The average molecular weight is 503 g/mol. The number of phenols is 1. The standard InChI is InChI=1S/C31H54N2O3/c1-2-3-4-5-6-7-9-12-15-18-21-30(35)32-27-20-17-14-11-8-10-13-16-19-22-31(36)33-28-23-25-29(34)26-24-28/h23-26,34H,2-22,27H2,1H3,(H,32,35)(H,33,36). The fourth-order valence-corrected chi connectivity index (χ4v) is 4.51. The van der Waals surface area contributed by atoms with E-state index < -0.39 is 0 Å². The monoisotopic (exact) mass is 502 g/mol. The van der Waals surface area contributed by atoms with Gasteiger partial charge in [0.1, 0.15) is 5.75 Å². The lowest BCUT2D eigenvalue weighted by Crippen LogP contribution is -2.23. The molecule has 206 valence electrons. The van der Waals surface area contributed by atoms with Crippen molar-refractivity contribution < 1.29 is 14.7 Å². The largest absolute Gasteiger partial charge is 0.508 e. The quantitative estimate of drug-likeness (QED) is 0.0977. The number of unbranched alkanes of at least 4 members (excludes halogenated alkanes) is 17. The Labute approximate surface area is 221 Å². The highest BCUT2D eigenvalue weighted by molar-refractivity contribution is 5.90. The molecule has 0 heterocycles. The van der Waals surface area contributed by atoms with Crippen molar-refractivity contribution in [1.82, 2.24) is 5.32 Å². The Morgan fingerprint density at radius 3 is 1.50 bits per heavy atom. The zero-order chi connectivity index (χ0) is 26.1. The van der Waals surface area contributed by atoms with Crippen LogP contribution in [0.3, 0.4) is 0 Å². The van der Waals surface area contributed by atoms with E-state index in [0.717, 1.165) is 37.9 Å². The molecule has 2 amide bonds. The van der Waals surface area contributed by atoms with Gasteiger partial charge in [0, 0.05) is 25.1 Å². The molecule has 0 aliphatic heterocycles. The summed E-state index contributed by atoms with van der Waals surface area (Å²) in [6.45, 7) is 3.08. The van der Waals surface area contributed by atoms with Crippen LogP contribution < -0.4 is 10.6 Å². The van der Waals surface area contributed by atoms with Crippen LogP contribution in [0.5, 0.6) is 5.75 Å². The minimum absolute atomic E-state index is 0.0382. The third-order valence-corrected chi connectivity index (χ3v) is 6.81. The molecule has 1 rings (SSSR count). The summed E-state index contributed by atoms with van der Waals surface area (Å²) < 4.78 is 0. The summed E-state index contributed by atoms with van der Waals surface area (Å²) in [6, 6.07) is 6.57. The molecule has 0 atom stereocenters. The van der Waals surface area contributed by atoms with E-state index >= 15 is 0 Å². The number of benzene rings is 1. The van der Waals surface area contributed by atoms with Gasteiger partial charge in [0.2, 0.25) is 11.8 Å². The van der Waals surface area contributed by atoms with Crippen LogP contribution in [0.15, 0.2) is 24.3 Å². The van der Waals surface area contributed by atoms with E-state index in [2.05, 4.69) is 17.6 Å². The van der Waals surface area contributed by atoms with E-state index in [0.29, 0.717) is 12.8 Å². The molecule has 0 radical (unpaired) electrons. The summed E-state index contributed by atoms with van der Waals surface area (Å²) in [4.78, 5) is 23.9. The van der Waals surface area contributed by atoms with Crippen LogP contribution in [-0.4, -0.2) is 23.5 Å². The Morgan fingerprint density at radius 1 is 0.583 bits per heavy atom. The second-order valence-corrected chi connectivity index (χ2v) is 10.3. The highest BCUT2D eigenvalue weighted by atomic mass is 16.3. The number of amides is 2. The normalized spacial score (nSPS) is 10.9. The van der Waals surface area contributed by atoms with Gasteiger partial charge in [-0.1, -0.05) is 110 Å². The van der Waals surface area contributed by atoms with Crippen LogP contribution in [0.25, 0.3) is 0 Å². The molecule has 3 N–H and O–H groups in total. The van der Waals surface area contributed by atoms with Crippen molar-refractivity contribution in [1.29, 1.82) is 0 Å². The first-order chi connectivity index (χ1) is 17.6. The van der Waals surface area contributed by atoms with E-state index in [9.17, 15) is 14.7 Å². The van der Waals surface area contributed by atoms with Gasteiger partial charge in [0.05, 0.1) is 0 Å². The molecule has 0 saturated heterocycles. The molecule has 0 unspecified atom stereocenters. The topological polar surface area (TPSA) is 78.4 Å². The van der Waals surface area contributed by atoms with E-state index in [4.69, 9.17) is 0 Å². The van der Waals surface area contributed by atoms with Crippen LogP contribution in [0.2, 0.25) is 0 Å². The predicted octanol–water partition coefficient (Wildman–Crippen LogP) is 8.66. The lowest BCUT2D eigenvalue weighted by atomic mass is 10.1. The number of carbonyl (C=O) groups excluding carboxylic acids is 2. The number of nitrogens with one attached hydrogen (secondary N) is 2. The summed E-state index contributed by atoms with van der Waals surface area (Å²) in [6.07, 6.45) is 24.7. The molecular formula is C31H54N2O3. The molecule has 36 heavy (non-hydrogen) atoms. The van der Waals surface area contributed by atoms with Crippen molar-refractivity contribution >= 4 is 17.5 Å². The maximum absolute atomic E-state index is 11.9. The molecule has 0 aliphatic carbocycles. The zero-order valence-corrected chi connectivity index (χ0v) is 23.1. The summed E-state index contributed by atoms with van der Waals surface area (Å²) in [5.41, 5.74) is 0.728. The maximum Gasteiger partial charge on any atom is 0.224 e. The Hall–Kier alpha value is -2.04. The van der Waals surface area contributed by atoms with Crippen LogP contribution in [0.1, 0.15) is 142 Å². The molecule has 1 aromatic carbocycles. The number of anilines is 1. The fourth-order valence-electron chi connectivity index (χ4n) is 4.51. The Bertz CT molecular complexity index is 660. The second kappa shape index (κ2) is 23.4. The molecule has 1 aromatic rings. The summed E-state index contributed by atoms with van der Waals surface area (Å²) >= 11 is 0. The predicted molar refractivity (Wildman–Crippen MR) is 152 cm³/mol. The van der Waals surface area contributed by atoms with Crippen molar-refractivity contribution in [2.24, 2.45) is 0 Å². The minimum Gasteiger partial charge on any atom is -0.508 e. The van der Waals surface area contributed by atoms with Gasteiger partial charge in [0.25, 0.3) is 0 Å². The van der Waals surface area contributed by atoms with Gasteiger partial charge in [-0.05, 0) is 43.5 Å². The Kier molecular flexibility index (Phi) is 20.8. The maximum atomic E-state index is 11.9. The first kappa shape index (κ1) is 32.0. The van der Waals surface area contributed by atoms with Crippen LogP contribution in [0.4, 0.5) is 5.69 Å². The van der Waals surface area contributed by atoms with Crippen molar-refractivity contribution in [2.45, 2.75) is 142 Å². The molecule has 0 aliphatic rings. The van der Waals surface area contributed by atoms with Crippen molar-refractivity contribution in [3.05, 3.63) is 24.3 Å². The van der Waals surface area contributed by atoms with Gasteiger partial charge in [0.15, 0.2) is 0 Å². The van der Waals surface area contributed by atoms with Gasteiger partial charge >= 0.3 is 0 Å². The summed E-state index contributed by atoms with van der Waals surface area (Å²) in [7, 11) is 0. The Morgan fingerprint density at radius 2 is 1.00 bits per heavy atom. The van der Waals surface area contributed by atoms with E-state index in [1.54, 1.807) is 24.3 Å². The summed E-state index contributed by atoms with van der Waals surface area (Å²) in [5, 5.41) is 15.2. The van der Waals surface area contributed by atoms with Gasteiger partial charge in [-0.15, -0.1) is 0 Å². The third kappa shape index (κ3) is 20.2. The molecule has 5 heteroatoms. The van der Waals surface area contributed by atoms with Crippen molar-refractivity contribution in [3.63, 3.8) is 0 Å². The lowest BCUT2D eigenvalue weighted by Gasteiger charge is -2.06. The summed E-state index contributed by atoms with van der Waals surface area (Å²) in [5.74, 6) is 0.470. The smallest absolute Gasteiger partial charge is 0.224 e. The van der Waals surface area contributed by atoms with Gasteiger partial charge in [-0.2, -0.15) is 0 Å². The lowest BCUT2D eigenvalue weighted by molar-refractivity contribution is -0.121. The second-order valence-electron chi connectivity index (χ2n) is 10.3. The molecule has 0 bridgehead atoms. The van der Waals surface area contributed by atoms with Crippen LogP contribution in [0, 0.1) is 0 Å². The number of hydrogen-bond acceptors (Lipinski definition) is 3. The number of phenolic OH excluding ortho intramolecular Hbond substituents is 1. The van der Waals surface area contributed by atoms with E-state index in [1.807, 2.05) is 0 Å². The molecule has 5 nitrogen and oxygen atoms in total. The molecule has 0 fully saturated rings. The SMILES string of the molecule is CCCCCCCCCCCCC(=O)NCCCCCCCCCCCC(=O)Nc1ccc(O)cc1. The van der Waals surface area contributed by atoms with Crippen molar-refractivity contribution in [2.75, 3.05) is 11.9 Å². The van der Waals surface area contributed by atoms with Crippen LogP contribution >= 0.6 is 0 Å². The molecule has 0 saturated carbocycles. The number of rotatable bonds is 24. The number of aromatic hydroxyl groups is 1. The third-order valence-electron chi connectivity index (χ3n) is 6.81. The van der Waals surface area contributed by atoms with Gasteiger partial charge < -0.3 is 15.7 Å². The molecule has 0 spiro atoms. The fraction of sp³-hybridized carbons (Fsp3) is 0.742. The first-order valence-corrected chi connectivity index (χ1v) is 15.0. The molecular weight excluding hydrogens is 448 g/mol. The zero-order valence-electron chi connectivity index (χ0n) is 23.1. The number of carbonyl (C=O) groups is 2. The minimum atomic E-state index is 0.0382. The highest BCUT2D eigenvalue weighted by Crippen LogP contribution is 2.15. The van der Waals surface area contributed by atoms with Crippen LogP contribution in [-0.2, 0) is 9.59 Å². The Balaban J connectivity index is 1.77. The average Bonchev–Trinajstić information content (AvgIpc) is 2.87. The van der Waals surface area contributed by atoms with E-state index in [1.165, 1.54) is 96.3 Å². The highest BCUT2D eigenvalue weighted by Gasteiger charge is 2.03. The molecule has 0 aromatic heterocycles. The first-order valence-electron chi connectivity index (χ1n) is 15.0. The van der Waals surface area contributed by atoms with Gasteiger partial charge in [-0.3, -0.25) is 9.59 Å². The van der Waals surface area contributed by atoms with Gasteiger partial charge in [-0.25, -0.2) is 0 Å². The number of hydrogen-bond donors (Lipinski definition) is 3. The van der Waals surface area contributed by atoms with Crippen molar-refractivity contribution in [3.8, 4) is 5.75 Å². The van der Waals surface area contributed by atoms with E-state index in [-0.39, 0.29) is 17.6 Å².